The zero-order valence-corrected chi connectivity index (χ0v) is 10.8. The van der Waals surface area contributed by atoms with Gasteiger partial charge in [-0.1, -0.05) is 0 Å². The van der Waals surface area contributed by atoms with Gasteiger partial charge in [-0.05, 0) is 76.0 Å². The Morgan fingerprint density at radius 2 is 1.65 bits per heavy atom. The van der Waals surface area contributed by atoms with Crippen LogP contribution in [0.3, 0.4) is 0 Å². The Kier molecular flexibility index (Phi) is 1.85. The Morgan fingerprint density at radius 1 is 1.06 bits per heavy atom. The fourth-order valence-corrected chi connectivity index (χ4v) is 5.88. The van der Waals surface area contributed by atoms with Crippen molar-refractivity contribution in [1.82, 2.24) is 0 Å². The van der Waals surface area contributed by atoms with Crippen molar-refractivity contribution in [3.63, 3.8) is 0 Å². The fraction of sp³-hybridized carbons (Fsp3) is 1.00. The topological polar surface area (TPSA) is 40.5 Å². The third-order valence-electron chi connectivity index (χ3n) is 6.48. The minimum atomic E-state index is -0.515. The van der Waals surface area contributed by atoms with Crippen LogP contribution in [0.25, 0.3) is 0 Å². The molecular weight excluding hydrogens is 212 g/mol. The summed E-state index contributed by atoms with van der Waals surface area (Å²) in [6.45, 7) is 2.07. The van der Waals surface area contributed by atoms with Gasteiger partial charge in [-0.2, -0.15) is 0 Å². The van der Waals surface area contributed by atoms with Crippen LogP contribution in [-0.2, 0) is 0 Å². The van der Waals surface area contributed by atoms with E-state index in [1.165, 1.54) is 32.1 Å². The molecule has 17 heavy (non-hydrogen) atoms. The van der Waals surface area contributed by atoms with Crippen LogP contribution in [0, 0.1) is 23.2 Å². The summed E-state index contributed by atoms with van der Waals surface area (Å²) in [6, 6.07) is 0. The monoisotopic (exact) mass is 236 g/mol. The number of aliphatic hydroxyl groups is 2. The van der Waals surface area contributed by atoms with E-state index in [1.54, 1.807) is 0 Å². The summed E-state index contributed by atoms with van der Waals surface area (Å²) < 4.78 is 0. The zero-order chi connectivity index (χ0) is 11.9. The third kappa shape index (κ3) is 1.34. The summed E-state index contributed by atoms with van der Waals surface area (Å²) in [7, 11) is 0. The van der Waals surface area contributed by atoms with Crippen molar-refractivity contribution in [3.05, 3.63) is 0 Å². The van der Waals surface area contributed by atoms with Crippen LogP contribution < -0.4 is 0 Å². The van der Waals surface area contributed by atoms with Crippen LogP contribution in [0.5, 0.6) is 0 Å². The second-order valence-electron chi connectivity index (χ2n) is 7.89. The highest BCUT2D eigenvalue weighted by Gasteiger charge is 2.65. The van der Waals surface area contributed by atoms with Crippen molar-refractivity contribution in [2.45, 2.75) is 69.5 Å². The maximum absolute atomic E-state index is 11.0. The number of hydrogen-bond acceptors (Lipinski definition) is 2. The Hall–Kier alpha value is -0.0800. The average molecular weight is 236 g/mol. The van der Waals surface area contributed by atoms with E-state index in [9.17, 15) is 10.2 Å². The first-order valence-corrected chi connectivity index (χ1v) is 7.37. The average Bonchev–Trinajstić information content (AvgIpc) is 2.95. The predicted molar refractivity (Wildman–Crippen MR) is 65.4 cm³/mol. The largest absolute Gasteiger partial charge is 0.390 e. The molecule has 2 N–H and O–H groups in total. The normalized spacial score (nSPS) is 55.9. The molecular formula is C15H24O2. The quantitative estimate of drug-likeness (QED) is 0.773. The molecule has 0 spiro atoms. The number of hydrogen-bond donors (Lipinski definition) is 2. The molecule has 5 saturated carbocycles. The van der Waals surface area contributed by atoms with Gasteiger partial charge in [-0.15, -0.1) is 0 Å². The van der Waals surface area contributed by atoms with Gasteiger partial charge >= 0.3 is 0 Å². The Bertz CT molecular complexity index is 342. The first-order chi connectivity index (χ1) is 7.93. The molecule has 0 aliphatic heterocycles. The van der Waals surface area contributed by atoms with Crippen molar-refractivity contribution in [3.8, 4) is 0 Å². The first-order valence-electron chi connectivity index (χ1n) is 7.37. The molecule has 0 heterocycles. The lowest BCUT2D eigenvalue weighted by atomic mass is 9.43. The number of rotatable bonds is 2. The molecule has 0 amide bonds. The molecule has 4 bridgehead atoms. The SMILES string of the molecule is CC(O)(C1CC1)C12CC3CC(CC(O)(C3)C1)C2. The molecule has 3 unspecified atom stereocenters. The van der Waals surface area contributed by atoms with Gasteiger partial charge in [0.1, 0.15) is 0 Å². The smallest absolute Gasteiger partial charge is 0.0704 e. The molecule has 0 saturated heterocycles. The van der Waals surface area contributed by atoms with Gasteiger partial charge in [0, 0.05) is 5.41 Å². The van der Waals surface area contributed by atoms with Crippen molar-refractivity contribution in [1.29, 1.82) is 0 Å². The Labute approximate surface area is 103 Å². The molecule has 3 atom stereocenters. The van der Waals surface area contributed by atoms with E-state index in [-0.39, 0.29) is 5.41 Å². The molecule has 0 aromatic heterocycles. The van der Waals surface area contributed by atoms with Crippen molar-refractivity contribution < 1.29 is 10.2 Å². The van der Waals surface area contributed by atoms with Gasteiger partial charge in [0.05, 0.1) is 11.2 Å². The van der Waals surface area contributed by atoms with E-state index in [0.717, 1.165) is 19.3 Å². The predicted octanol–water partition coefficient (Wildman–Crippen LogP) is 2.48. The molecule has 5 fully saturated rings. The summed E-state index contributed by atoms with van der Waals surface area (Å²) in [6.07, 6.45) is 8.94. The van der Waals surface area contributed by atoms with E-state index in [0.29, 0.717) is 17.8 Å². The molecule has 2 nitrogen and oxygen atoms in total. The van der Waals surface area contributed by atoms with Crippen LogP contribution in [0.4, 0.5) is 0 Å². The van der Waals surface area contributed by atoms with Crippen molar-refractivity contribution in [2.75, 3.05) is 0 Å². The van der Waals surface area contributed by atoms with Gasteiger partial charge in [-0.3, -0.25) is 0 Å². The molecule has 96 valence electrons. The summed E-state index contributed by atoms with van der Waals surface area (Å²) in [5, 5.41) is 21.7. The van der Waals surface area contributed by atoms with Crippen molar-refractivity contribution in [2.24, 2.45) is 23.2 Å². The first kappa shape index (κ1) is 10.8. The molecule has 5 rings (SSSR count). The second-order valence-corrected chi connectivity index (χ2v) is 7.89. The lowest BCUT2D eigenvalue weighted by molar-refractivity contribution is -0.230. The van der Waals surface area contributed by atoms with Crippen molar-refractivity contribution >= 4 is 0 Å². The maximum atomic E-state index is 11.0. The highest BCUT2D eigenvalue weighted by Crippen LogP contribution is 2.67. The van der Waals surface area contributed by atoms with Gasteiger partial charge in [0.2, 0.25) is 0 Å². The standard InChI is InChI=1S/C15H24O2/c1-13(16,12-2-3-12)14-5-10-4-11(6-14)8-15(17,7-10)9-14/h10-12,16-17H,2-9H2,1H3. The summed E-state index contributed by atoms with van der Waals surface area (Å²) in [4.78, 5) is 0. The highest BCUT2D eigenvalue weighted by atomic mass is 16.3. The summed E-state index contributed by atoms with van der Waals surface area (Å²) in [5.74, 6) is 1.89. The summed E-state index contributed by atoms with van der Waals surface area (Å²) >= 11 is 0. The third-order valence-corrected chi connectivity index (χ3v) is 6.48. The minimum absolute atomic E-state index is 0.0486. The molecule has 0 aromatic rings. The molecule has 0 aromatic carbocycles. The minimum Gasteiger partial charge on any atom is -0.390 e. The van der Waals surface area contributed by atoms with Gasteiger partial charge in [0.15, 0.2) is 0 Å². The van der Waals surface area contributed by atoms with Gasteiger partial charge in [-0.25, -0.2) is 0 Å². The van der Waals surface area contributed by atoms with E-state index in [1.807, 2.05) is 0 Å². The highest BCUT2D eigenvalue weighted by molar-refractivity contribution is 5.16. The van der Waals surface area contributed by atoms with Gasteiger partial charge < -0.3 is 10.2 Å². The van der Waals surface area contributed by atoms with E-state index < -0.39 is 11.2 Å². The maximum Gasteiger partial charge on any atom is 0.0704 e. The molecule has 5 aliphatic rings. The van der Waals surface area contributed by atoms with Crippen LogP contribution in [0.15, 0.2) is 0 Å². The van der Waals surface area contributed by atoms with E-state index in [4.69, 9.17) is 0 Å². The Balaban J connectivity index is 1.73. The lowest BCUT2D eigenvalue weighted by Gasteiger charge is -2.64. The summed E-state index contributed by atoms with van der Waals surface area (Å²) in [5.41, 5.74) is -0.894. The van der Waals surface area contributed by atoms with E-state index >= 15 is 0 Å². The van der Waals surface area contributed by atoms with Crippen LogP contribution in [0.1, 0.15) is 58.3 Å². The Morgan fingerprint density at radius 3 is 2.12 bits per heavy atom. The van der Waals surface area contributed by atoms with Crippen LogP contribution in [-0.4, -0.2) is 21.4 Å². The lowest BCUT2D eigenvalue weighted by Crippen LogP contribution is -2.63. The van der Waals surface area contributed by atoms with Crippen LogP contribution >= 0.6 is 0 Å². The molecule has 2 heteroatoms. The molecule has 0 radical (unpaired) electrons. The molecule has 5 aliphatic carbocycles. The van der Waals surface area contributed by atoms with Crippen LogP contribution in [0.2, 0.25) is 0 Å². The van der Waals surface area contributed by atoms with E-state index in [2.05, 4.69) is 6.92 Å². The van der Waals surface area contributed by atoms with Gasteiger partial charge in [0.25, 0.3) is 0 Å². The fourth-order valence-electron chi connectivity index (χ4n) is 5.88. The second kappa shape index (κ2) is 2.91. The zero-order valence-electron chi connectivity index (χ0n) is 10.8.